The molecule has 0 saturated heterocycles. The summed E-state index contributed by atoms with van der Waals surface area (Å²) < 4.78 is 14.6. The van der Waals surface area contributed by atoms with Gasteiger partial charge in [0.15, 0.2) is 5.65 Å². The maximum absolute atomic E-state index is 13.0. The van der Waals surface area contributed by atoms with Gasteiger partial charge in [0.25, 0.3) is 0 Å². The van der Waals surface area contributed by atoms with E-state index in [4.69, 9.17) is 0 Å². The minimum atomic E-state index is -0.282. The van der Waals surface area contributed by atoms with E-state index in [0.717, 1.165) is 5.39 Å². The SMILES string of the molecule is CC.Cc1nc2c(cnn2C)cc1F. The predicted octanol–water partition coefficient (Wildman–Crippen LogP) is 2.44. The summed E-state index contributed by atoms with van der Waals surface area (Å²) in [5, 5.41) is 4.70. The van der Waals surface area contributed by atoms with Crippen LogP contribution in [-0.4, -0.2) is 14.8 Å². The molecule has 0 radical (unpaired) electrons. The van der Waals surface area contributed by atoms with E-state index in [1.807, 2.05) is 13.8 Å². The second-order valence-corrected chi connectivity index (χ2v) is 2.74. The molecule has 3 nitrogen and oxygen atoms in total. The normalized spacial score (nSPS) is 9.79. The second-order valence-electron chi connectivity index (χ2n) is 2.74. The van der Waals surface area contributed by atoms with Crippen LogP contribution < -0.4 is 0 Å². The molecule has 0 aliphatic rings. The average Bonchev–Trinajstić information content (AvgIpc) is 2.53. The second kappa shape index (κ2) is 4.17. The molecule has 2 rings (SSSR count). The number of nitrogens with zero attached hydrogens (tertiary/aromatic N) is 3. The number of pyridine rings is 1. The molecule has 14 heavy (non-hydrogen) atoms. The number of halogens is 1. The summed E-state index contributed by atoms with van der Waals surface area (Å²) in [6.07, 6.45) is 1.60. The Hall–Kier alpha value is -1.45. The molecule has 0 bridgehead atoms. The van der Waals surface area contributed by atoms with Gasteiger partial charge in [0, 0.05) is 12.4 Å². The molecular formula is C10H14FN3. The van der Waals surface area contributed by atoms with E-state index >= 15 is 0 Å². The molecule has 2 aromatic heterocycles. The van der Waals surface area contributed by atoms with Crippen LogP contribution in [0.25, 0.3) is 11.0 Å². The third-order valence-electron chi connectivity index (χ3n) is 1.84. The maximum atomic E-state index is 13.0. The van der Waals surface area contributed by atoms with E-state index < -0.39 is 0 Å². The summed E-state index contributed by atoms with van der Waals surface area (Å²) in [4.78, 5) is 4.06. The van der Waals surface area contributed by atoms with Crippen molar-refractivity contribution in [3.63, 3.8) is 0 Å². The Kier molecular flexibility index (Phi) is 3.17. The zero-order valence-electron chi connectivity index (χ0n) is 8.87. The van der Waals surface area contributed by atoms with Crippen LogP contribution in [0.1, 0.15) is 19.5 Å². The molecule has 0 spiro atoms. The van der Waals surface area contributed by atoms with Crippen LogP contribution in [0.4, 0.5) is 4.39 Å². The van der Waals surface area contributed by atoms with Crippen LogP contribution in [0.15, 0.2) is 12.3 Å². The summed E-state index contributed by atoms with van der Waals surface area (Å²) in [5.41, 5.74) is 1.13. The first-order valence-electron chi connectivity index (χ1n) is 4.63. The molecule has 0 aliphatic carbocycles. The number of rotatable bonds is 0. The number of aryl methyl sites for hydroxylation is 2. The highest BCUT2D eigenvalue weighted by molar-refractivity contribution is 5.74. The van der Waals surface area contributed by atoms with Crippen molar-refractivity contribution in [2.24, 2.45) is 7.05 Å². The molecule has 76 valence electrons. The molecule has 0 atom stereocenters. The highest BCUT2D eigenvalue weighted by Crippen LogP contribution is 2.13. The molecule has 0 aromatic carbocycles. The summed E-state index contributed by atoms with van der Waals surface area (Å²) in [5.74, 6) is -0.282. The third kappa shape index (κ3) is 1.73. The third-order valence-corrected chi connectivity index (χ3v) is 1.84. The lowest BCUT2D eigenvalue weighted by atomic mass is 10.3. The summed E-state index contributed by atoms with van der Waals surface area (Å²) >= 11 is 0. The quantitative estimate of drug-likeness (QED) is 0.646. The van der Waals surface area contributed by atoms with Gasteiger partial charge in [-0.1, -0.05) is 13.8 Å². The molecule has 0 fully saturated rings. The number of hydrogen-bond donors (Lipinski definition) is 0. The molecular weight excluding hydrogens is 181 g/mol. The van der Waals surface area contributed by atoms with Gasteiger partial charge in [-0.3, -0.25) is 4.68 Å². The van der Waals surface area contributed by atoms with Gasteiger partial charge < -0.3 is 0 Å². The zero-order valence-corrected chi connectivity index (χ0v) is 8.87. The van der Waals surface area contributed by atoms with E-state index in [1.165, 1.54) is 6.07 Å². The highest BCUT2D eigenvalue weighted by atomic mass is 19.1. The first-order chi connectivity index (χ1) is 6.68. The van der Waals surface area contributed by atoms with E-state index in [0.29, 0.717) is 11.3 Å². The number of aromatic nitrogens is 3. The smallest absolute Gasteiger partial charge is 0.157 e. The highest BCUT2D eigenvalue weighted by Gasteiger charge is 2.04. The lowest BCUT2D eigenvalue weighted by Crippen LogP contribution is -1.94. The Bertz CT molecular complexity index is 434. The summed E-state index contributed by atoms with van der Waals surface area (Å²) in [6.45, 7) is 5.64. The molecule has 2 aromatic rings. The van der Waals surface area contributed by atoms with Crippen molar-refractivity contribution >= 4 is 11.0 Å². The number of hydrogen-bond acceptors (Lipinski definition) is 2. The van der Waals surface area contributed by atoms with Gasteiger partial charge in [0.1, 0.15) is 5.82 Å². The lowest BCUT2D eigenvalue weighted by Gasteiger charge is -1.96. The van der Waals surface area contributed by atoms with Gasteiger partial charge >= 0.3 is 0 Å². The van der Waals surface area contributed by atoms with Crippen LogP contribution in [0.5, 0.6) is 0 Å². The van der Waals surface area contributed by atoms with Gasteiger partial charge in [0.05, 0.1) is 11.9 Å². The van der Waals surface area contributed by atoms with Gasteiger partial charge in [-0.05, 0) is 13.0 Å². The average molecular weight is 195 g/mol. The van der Waals surface area contributed by atoms with Gasteiger partial charge in [-0.15, -0.1) is 0 Å². The number of fused-ring (bicyclic) bond motifs is 1. The molecule has 0 N–H and O–H groups in total. The Morgan fingerprint density at radius 3 is 2.64 bits per heavy atom. The van der Waals surface area contributed by atoms with Crippen molar-refractivity contribution in [2.45, 2.75) is 20.8 Å². The minimum absolute atomic E-state index is 0.282. The van der Waals surface area contributed by atoms with Crippen LogP contribution in [0.2, 0.25) is 0 Å². The predicted molar refractivity (Wildman–Crippen MR) is 54.6 cm³/mol. The Morgan fingerprint density at radius 1 is 1.36 bits per heavy atom. The van der Waals surface area contributed by atoms with E-state index in [1.54, 1.807) is 24.9 Å². The van der Waals surface area contributed by atoms with Crippen LogP contribution >= 0.6 is 0 Å². The first kappa shape index (κ1) is 10.6. The zero-order chi connectivity index (χ0) is 10.7. The van der Waals surface area contributed by atoms with Gasteiger partial charge in [0.2, 0.25) is 0 Å². The van der Waals surface area contributed by atoms with Crippen LogP contribution in [0, 0.1) is 12.7 Å². The van der Waals surface area contributed by atoms with Crippen LogP contribution in [0.3, 0.4) is 0 Å². The lowest BCUT2D eigenvalue weighted by molar-refractivity contribution is 0.612. The van der Waals surface area contributed by atoms with Crippen molar-refractivity contribution in [1.29, 1.82) is 0 Å². The summed E-state index contributed by atoms with van der Waals surface area (Å²) in [6, 6.07) is 1.45. The van der Waals surface area contributed by atoms with Crippen molar-refractivity contribution in [3.05, 3.63) is 23.8 Å². The molecule has 4 heteroatoms. The molecule has 2 heterocycles. The maximum Gasteiger partial charge on any atom is 0.157 e. The largest absolute Gasteiger partial charge is 0.250 e. The Labute approximate surface area is 82.6 Å². The fraction of sp³-hybridized carbons (Fsp3) is 0.400. The summed E-state index contributed by atoms with van der Waals surface area (Å²) in [7, 11) is 1.78. The van der Waals surface area contributed by atoms with E-state index in [2.05, 4.69) is 10.1 Å². The fourth-order valence-electron chi connectivity index (χ4n) is 1.14. The molecule has 0 unspecified atom stereocenters. The van der Waals surface area contributed by atoms with Crippen molar-refractivity contribution in [1.82, 2.24) is 14.8 Å². The van der Waals surface area contributed by atoms with Crippen molar-refractivity contribution < 1.29 is 4.39 Å². The minimum Gasteiger partial charge on any atom is -0.250 e. The van der Waals surface area contributed by atoms with E-state index in [9.17, 15) is 4.39 Å². The topological polar surface area (TPSA) is 30.7 Å². The first-order valence-corrected chi connectivity index (χ1v) is 4.63. The van der Waals surface area contributed by atoms with Gasteiger partial charge in [-0.2, -0.15) is 5.10 Å². The van der Waals surface area contributed by atoms with Gasteiger partial charge in [-0.25, -0.2) is 9.37 Å². The standard InChI is InChI=1S/C8H8FN3.C2H6/c1-5-7(9)3-6-4-10-12(2)8(6)11-5;1-2/h3-4H,1-2H3;1-2H3. The Balaban J connectivity index is 0.000000461. The Morgan fingerprint density at radius 2 is 2.00 bits per heavy atom. The van der Waals surface area contributed by atoms with Crippen LogP contribution in [-0.2, 0) is 7.05 Å². The molecule has 0 aliphatic heterocycles. The van der Waals surface area contributed by atoms with E-state index in [-0.39, 0.29) is 5.82 Å². The fourth-order valence-corrected chi connectivity index (χ4v) is 1.14. The molecule has 0 saturated carbocycles. The monoisotopic (exact) mass is 195 g/mol. The van der Waals surface area contributed by atoms with Crippen molar-refractivity contribution in [2.75, 3.05) is 0 Å². The molecule has 0 amide bonds. The van der Waals surface area contributed by atoms with Crippen molar-refractivity contribution in [3.8, 4) is 0 Å².